The highest BCUT2D eigenvalue weighted by molar-refractivity contribution is 5.98. The van der Waals surface area contributed by atoms with Crippen molar-refractivity contribution in [3.63, 3.8) is 0 Å². The Morgan fingerprint density at radius 3 is 2.48 bits per heavy atom. The first-order chi connectivity index (χ1) is 15.1. The van der Waals surface area contributed by atoms with Crippen LogP contribution in [-0.4, -0.2) is 23.0 Å². The molecular weight excluding hydrogens is 388 g/mol. The van der Waals surface area contributed by atoms with Crippen LogP contribution >= 0.6 is 0 Å². The van der Waals surface area contributed by atoms with Gasteiger partial charge >= 0.3 is 5.97 Å². The standard InChI is InChI=1S/C26H24N2O3/c1-18(31-25(29)16-15-20-17-27-23-13-7-5-12-22(20)23)26(30)28-24-14-8-6-11-21(24)19-9-3-2-4-10-19/h2-14,17-18,27H,15-16H2,1H3,(H,28,30). The zero-order chi connectivity index (χ0) is 21.6. The zero-order valence-corrected chi connectivity index (χ0v) is 17.3. The van der Waals surface area contributed by atoms with Gasteiger partial charge in [0.05, 0.1) is 0 Å². The first kappa shape index (κ1) is 20.4. The van der Waals surface area contributed by atoms with E-state index in [2.05, 4.69) is 10.3 Å². The lowest BCUT2D eigenvalue weighted by atomic mass is 10.0. The number of hydrogen-bond donors (Lipinski definition) is 2. The third kappa shape index (κ3) is 4.83. The smallest absolute Gasteiger partial charge is 0.306 e. The Labute approximate surface area is 181 Å². The third-order valence-electron chi connectivity index (χ3n) is 5.22. The van der Waals surface area contributed by atoms with Crippen molar-refractivity contribution in [2.75, 3.05) is 5.32 Å². The second-order valence-corrected chi connectivity index (χ2v) is 7.39. The van der Waals surface area contributed by atoms with Crippen molar-refractivity contribution >= 4 is 28.5 Å². The number of H-pyrrole nitrogens is 1. The van der Waals surface area contributed by atoms with Gasteiger partial charge in [-0.2, -0.15) is 0 Å². The van der Waals surface area contributed by atoms with Crippen LogP contribution in [-0.2, 0) is 20.7 Å². The van der Waals surface area contributed by atoms with Gasteiger partial charge in [0.25, 0.3) is 5.91 Å². The van der Waals surface area contributed by atoms with Crippen molar-refractivity contribution in [1.29, 1.82) is 0 Å². The van der Waals surface area contributed by atoms with Crippen LogP contribution in [0.25, 0.3) is 22.0 Å². The fourth-order valence-corrected chi connectivity index (χ4v) is 3.58. The number of benzene rings is 3. The Hall–Kier alpha value is -3.86. The molecule has 1 heterocycles. The van der Waals surface area contributed by atoms with E-state index in [0.717, 1.165) is 27.6 Å². The summed E-state index contributed by atoms with van der Waals surface area (Å²) in [5.41, 5.74) is 4.69. The number of anilines is 1. The minimum Gasteiger partial charge on any atom is -0.453 e. The fraction of sp³-hybridized carbons (Fsp3) is 0.154. The van der Waals surface area contributed by atoms with E-state index < -0.39 is 12.1 Å². The summed E-state index contributed by atoms with van der Waals surface area (Å²) >= 11 is 0. The molecule has 3 aromatic carbocycles. The number of ether oxygens (including phenoxy) is 1. The maximum absolute atomic E-state index is 12.6. The molecule has 0 saturated carbocycles. The van der Waals surface area contributed by atoms with Crippen molar-refractivity contribution in [2.24, 2.45) is 0 Å². The summed E-state index contributed by atoms with van der Waals surface area (Å²) in [5.74, 6) is -0.756. The molecule has 0 spiro atoms. The first-order valence-electron chi connectivity index (χ1n) is 10.3. The fourth-order valence-electron chi connectivity index (χ4n) is 3.58. The molecule has 2 N–H and O–H groups in total. The molecule has 0 saturated heterocycles. The maximum Gasteiger partial charge on any atom is 0.306 e. The second kappa shape index (κ2) is 9.30. The van der Waals surface area contributed by atoms with Crippen LogP contribution < -0.4 is 5.32 Å². The molecule has 1 aromatic heterocycles. The number of aryl methyl sites for hydroxylation is 1. The molecule has 4 rings (SSSR count). The molecule has 5 nitrogen and oxygen atoms in total. The number of aromatic nitrogens is 1. The van der Waals surface area contributed by atoms with Gasteiger partial charge < -0.3 is 15.0 Å². The average Bonchev–Trinajstić information content (AvgIpc) is 3.22. The molecule has 1 unspecified atom stereocenters. The Morgan fingerprint density at radius 2 is 1.65 bits per heavy atom. The van der Waals surface area contributed by atoms with Crippen LogP contribution in [0.2, 0.25) is 0 Å². The normalized spacial score (nSPS) is 11.8. The summed E-state index contributed by atoms with van der Waals surface area (Å²) in [6, 6.07) is 25.3. The number of hydrogen-bond acceptors (Lipinski definition) is 3. The molecular formula is C26H24N2O3. The Bertz CT molecular complexity index is 1200. The summed E-state index contributed by atoms with van der Waals surface area (Å²) in [6.45, 7) is 1.59. The van der Waals surface area contributed by atoms with E-state index in [1.165, 1.54) is 0 Å². The predicted molar refractivity (Wildman–Crippen MR) is 123 cm³/mol. The number of aromatic amines is 1. The molecule has 156 valence electrons. The van der Waals surface area contributed by atoms with Crippen molar-refractivity contribution in [1.82, 2.24) is 4.98 Å². The van der Waals surface area contributed by atoms with Crippen LogP contribution in [0.4, 0.5) is 5.69 Å². The van der Waals surface area contributed by atoms with E-state index in [1.54, 1.807) is 6.92 Å². The van der Waals surface area contributed by atoms with E-state index in [0.29, 0.717) is 12.1 Å². The first-order valence-corrected chi connectivity index (χ1v) is 10.3. The molecule has 0 aliphatic heterocycles. The molecule has 5 heteroatoms. The zero-order valence-electron chi connectivity index (χ0n) is 17.3. The third-order valence-corrected chi connectivity index (χ3v) is 5.22. The van der Waals surface area contributed by atoms with E-state index >= 15 is 0 Å². The summed E-state index contributed by atoms with van der Waals surface area (Å²) in [4.78, 5) is 28.2. The van der Waals surface area contributed by atoms with Crippen LogP contribution in [0.1, 0.15) is 18.9 Å². The van der Waals surface area contributed by atoms with Gasteiger partial charge in [-0.1, -0.05) is 66.7 Å². The van der Waals surface area contributed by atoms with Gasteiger partial charge in [-0.3, -0.25) is 9.59 Å². The van der Waals surface area contributed by atoms with Crippen molar-refractivity contribution < 1.29 is 14.3 Å². The van der Waals surface area contributed by atoms with Crippen LogP contribution in [0.5, 0.6) is 0 Å². The van der Waals surface area contributed by atoms with Crippen molar-refractivity contribution in [2.45, 2.75) is 25.9 Å². The van der Waals surface area contributed by atoms with Gasteiger partial charge in [0.1, 0.15) is 0 Å². The summed E-state index contributed by atoms with van der Waals surface area (Å²) in [6.07, 6.45) is 1.78. The van der Waals surface area contributed by atoms with E-state index in [4.69, 9.17) is 4.74 Å². The van der Waals surface area contributed by atoms with Gasteiger partial charge in [0, 0.05) is 34.8 Å². The van der Waals surface area contributed by atoms with Gasteiger partial charge in [-0.25, -0.2) is 0 Å². The van der Waals surface area contributed by atoms with Crippen LogP contribution in [0.3, 0.4) is 0 Å². The number of esters is 1. The number of amides is 1. The monoisotopic (exact) mass is 412 g/mol. The lowest BCUT2D eigenvalue weighted by Crippen LogP contribution is -2.30. The van der Waals surface area contributed by atoms with E-state index in [9.17, 15) is 9.59 Å². The van der Waals surface area contributed by atoms with Gasteiger partial charge in [-0.15, -0.1) is 0 Å². The molecule has 4 aromatic rings. The lowest BCUT2D eigenvalue weighted by Gasteiger charge is -2.16. The summed E-state index contributed by atoms with van der Waals surface area (Å²) in [5, 5.41) is 3.98. The number of para-hydroxylation sites is 2. The molecule has 0 bridgehead atoms. The highest BCUT2D eigenvalue weighted by Crippen LogP contribution is 2.27. The highest BCUT2D eigenvalue weighted by Gasteiger charge is 2.19. The quantitative estimate of drug-likeness (QED) is 0.403. The number of carbonyl (C=O) groups is 2. The van der Waals surface area contributed by atoms with Gasteiger partial charge in [0.15, 0.2) is 6.10 Å². The summed E-state index contributed by atoms with van der Waals surface area (Å²) < 4.78 is 5.38. The number of carbonyl (C=O) groups excluding carboxylic acids is 2. The largest absolute Gasteiger partial charge is 0.453 e. The summed E-state index contributed by atoms with van der Waals surface area (Å²) in [7, 11) is 0. The topological polar surface area (TPSA) is 71.2 Å². The van der Waals surface area contributed by atoms with Gasteiger partial charge in [0.2, 0.25) is 0 Å². The molecule has 0 fully saturated rings. The van der Waals surface area contributed by atoms with E-state index in [1.807, 2.05) is 85.1 Å². The van der Waals surface area contributed by atoms with Crippen molar-refractivity contribution in [3.05, 3.63) is 90.6 Å². The maximum atomic E-state index is 12.6. The molecule has 0 aliphatic rings. The SMILES string of the molecule is CC(OC(=O)CCc1c[nH]c2ccccc12)C(=O)Nc1ccccc1-c1ccccc1. The Balaban J connectivity index is 1.35. The minimum absolute atomic E-state index is 0.208. The van der Waals surface area contributed by atoms with Crippen molar-refractivity contribution in [3.8, 4) is 11.1 Å². The van der Waals surface area contributed by atoms with Gasteiger partial charge in [-0.05, 0) is 36.6 Å². The molecule has 31 heavy (non-hydrogen) atoms. The Kier molecular flexibility index (Phi) is 6.13. The number of rotatable bonds is 7. The number of fused-ring (bicyclic) bond motifs is 1. The molecule has 1 atom stereocenters. The van der Waals surface area contributed by atoms with Crippen LogP contribution in [0, 0.1) is 0 Å². The molecule has 0 aliphatic carbocycles. The second-order valence-electron chi connectivity index (χ2n) is 7.39. The minimum atomic E-state index is -0.890. The Morgan fingerprint density at radius 1 is 0.935 bits per heavy atom. The van der Waals surface area contributed by atoms with Crippen LogP contribution in [0.15, 0.2) is 85.1 Å². The highest BCUT2D eigenvalue weighted by atomic mass is 16.5. The average molecular weight is 412 g/mol. The molecule has 0 radical (unpaired) electrons. The number of nitrogens with one attached hydrogen (secondary N) is 2. The molecule has 1 amide bonds. The lowest BCUT2D eigenvalue weighted by molar-refractivity contribution is -0.153. The van der Waals surface area contributed by atoms with E-state index in [-0.39, 0.29) is 12.3 Å². The predicted octanol–water partition coefficient (Wildman–Crippen LogP) is 5.34.